The fraction of sp³-hybridized carbons (Fsp3) is 0.500. The Morgan fingerprint density at radius 2 is 1.89 bits per heavy atom. The molecule has 4 rings (SSSR count). The largest absolute Gasteiger partial charge is 0.573 e. The van der Waals surface area contributed by atoms with Crippen LogP contribution < -0.4 is 21.1 Å². The van der Waals surface area contributed by atoms with E-state index in [9.17, 15) is 13.2 Å². The van der Waals surface area contributed by atoms with Gasteiger partial charge >= 0.3 is 6.36 Å². The van der Waals surface area contributed by atoms with E-state index in [1.807, 2.05) is 43.3 Å². The van der Waals surface area contributed by atoms with Crippen molar-refractivity contribution in [3.8, 4) is 5.75 Å². The van der Waals surface area contributed by atoms with Gasteiger partial charge in [0.15, 0.2) is 5.79 Å². The van der Waals surface area contributed by atoms with Gasteiger partial charge in [0.25, 0.3) is 0 Å². The molecule has 1 fully saturated rings. The molecule has 0 aromatic heterocycles. The van der Waals surface area contributed by atoms with Crippen molar-refractivity contribution in [1.29, 1.82) is 0 Å². The van der Waals surface area contributed by atoms with Gasteiger partial charge in [-0.25, -0.2) is 4.99 Å². The van der Waals surface area contributed by atoms with Crippen LogP contribution in [0.1, 0.15) is 43.2 Å². The number of hydrogen-bond donors (Lipinski definition) is 3. The van der Waals surface area contributed by atoms with Gasteiger partial charge in [-0.15, -0.1) is 13.2 Å². The first kappa shape index (κ1) is 26.8. The Labute approximate surface area is 218 Å². The van der Waals surface area contributed by atoms with Crippen LogP contribution in [-0.2, 0) is 6.42 Å². The molecule has 0 bridgehead atoms. The Balaban J connectivity index is 1.28. The quantitative estimate of drug-likeness (QED) is 0.386. The van der Waals surface area contributed by atoms with E-state index >= 15 is 0 Å². The number of benzene rings is 2. The number of anilines is 1. The van der Waals surface area contributed by atoms with E-state index in [0.29, 0.717) is 28.9 Å². The predicted molar refractivity (Wildman–Crippen MR) is 140 cm³/mol. The second-order valence-electron chi connectivity index (χ2n) is 9.73. The third-order valence-electron chi connectivity index (χ3n) is 6.88. The molecule has 1 saturated carbocycles. The maximum Gasteiger partial charge on any atom is 0.573 e. The number of rotatable bonds is 7. The van der Waals surface area contributed by atoms with Crippen molar-refractivity contribution in [3.63, 3.8) is 0 Å². The lowest BCUT2D eigenvalue weighted by Gasteiger charge is -2.43. The number of halogens is 4. The zero-order chi connectivity index (χ0) is 25.9. The summed E-state index contributed by atoms with van der Waals surface area (Å²) in [6.07, 6.45) is 0.317. The minimum atomic E-state index is -4.71. The van der Waals surface area contributed by atoms with Crippen LogP contribution in [0.4, 0.5) is 18.9 Å². The van der Waals surface area contributed by atoms with E-state index < -0.39 is 12.1 Å². The summed E-state index contributed by atoms with van der Waals surface area (Å²) in [4.78, 5) is 6.95. The van der Waals surface area contributed by atoms with E-state index in [0.717, 1.165) is 49.3 Å². The Kier molecular flexibility index (Phi) is 8.16. The molecule has 36 heavy (non-hydrogen) atoms. The SMILES string of the molecule is CN(C)C1=NC(N)(C2CCC(NCCCc3ccc(Br)cc3OC(F)(F)F)CC2)Nc2ccccc21. The van der Waals surface area contributed by atoms with Gasteiger partial charge in [0.2, 0.25) is 0 Å². The van der Waals surface area contributed by atoms with Gasteiger partial charge in [-0.3, -0.25) is 5.73 Å². The van der Waals surface area contributed by atoms with Crippen LogP contribution in [0.2, 0.25) is 0 Å². The summed E-state index contributed by atoms with van der Waals surface area (Å²) in [6.45, 7) is 0.721. The molecular weight excluding hydrogens is 535 g/mol. The highest BCUT2D eigenvalue weighted by molar-refractivity contribution is 9.10. The maximum atomic E-state index is 12.7. The smallest absolute Gasteiger partial charge is 0.405 e. The van der Waals surface area contributed by atoms with Crippen LogP contribution in [0.15, 0.2) is 51.9 Å². The van der Waals surface area contributed by atoms with Gasteiger partial charge in [-0.2, -0.15) is 0 Å². The zero-order valence-electron chi connectivity index (χ0n) is 20.5. The molecule has 0 saturated heterocycles. The number of nitrogens with one attached hydrogen (secondary N) is 2. The lowest BCUT2D eigenvalue weighted by molar-refractivity contribution is -0.274. The highest BCUT2D eigenvalue weighted by Crippen LogP contribution is 2.37. The topological polar surface area (TPSA) is 74.9 Å². The van der Waals surface area contributed by atoms with Crippen LogP contribution in [0.25, 0.3) is 0 Å². The van der Waals surface area contributed by atoms with Crippen LogP contribution in [-0.4, -0.2) is 49.6 Å². The first-order chi connectivity index (χ1) is 17.0. The average Bonchev–Trinajstić information content (AvgIpc) is 2.81. The van der Waals surface area contributed by atoms with Crippen molar-refractivity contribution in [2.24, 2.45) is 16.6 Å². The molecule has 2 aromatic carbocycles. The number of aryl methyl sites for hydroxylation is 1. The molecule has 1 unspecified atom stereocenters. The van der Waals surface area contributed by atoms with E-state index in [4.69, 9.17) is 10.7 Å². The standard InChI is InChI=1S/C26H33BrF3N5O/c1-35(2)24-21-7-3-4-8-22(21)33-25(31,34-24)18-10-13-20(14-11-18)32-15-5-6-17-9-12-19(27)16-23(17)36-26(28,29)30/h3-4,7-9,12,16,18,20,32-33H,5-6,10-11,13-15,31H2,1-2H3. The molecule has 196 valence electrons. The molecule has 6 nitrogen and oxygen atoms in total. The number of amidine groups is 1. The van der Waals surface area contributed by atoms with Gasteiger partial charge in [0, 0.05) is 41.8 Å². The summed E-state index contributed by atoms with van der Waals surface area (Å²) in [6, 6.07) is 13.2. The second kappa shape index (κ2) is 11.0. The lowest BCUT2D eigenvalue weighted by Crippen LogP contribution is -2.57. The minimum Gasteiger partial charge on any atom is -0.405 e. The highest BCUT2D eigenvalue weighted by Gasteiger charge is 2.41. The van der Waals surface area contributed by atoms with Crippen molar-refractivity contribution in [1.82, 2.24) is 10.2 Å². The monoisotopic (exact) mass is 567 g/mol. The fourth-order valence-electron chi connectivity index (χ4n) is 5.08. The molecule has 0 amide bonds. The van der Waals surface area contributed by atoms with Gasteiger partial charge < -0.3 is 20.3 Å². The summed E-state index contributed by atoms with van der Waals surface area (Å²) in [5.74, 6) is 0.0810. The molecule has 1 aliphatic heterocycles. The number of nitrogens with two attached hydrogens (primary N) is 1. The number of ether oxygens (including phenoxy) is 1. The minimum absolute atomic E-state index is 0.148. The third-order valence-corrected chi connectivity index (χ3v) is 7.37. The van der Waals surface area contributed by atoms with Gasteiger partial charge in [0.05, 0.1) is 0 Å². The first-order valence-electron chi connectivity index (χ1n) is 12.3. The maximum absolute atomic E-state index is 12.7. The van der Waals surface area contributed by atoms with Gasteiger partial charge in [0.1, 0.15) is 11.6 Å². The van der Waals surface area contributed by atoms with Crippen LogP contribution in [0.5, 0.6) is 5.75 Å². The first-order valence-corrected chi connectivity index (χ1v) is 13.0. The zero-order valence-corrected chi connectivity index (χ0v) is 22.1. The molecule has 0 spiro atoms. The Morgan fingerprint density at radius 3 is 2.58 bits per heavy atom. The number of hydrogen-bond acceptors (Lipinski definition) is 6. The third kappa shape index (κ3) is 6.52. The van der Waals surface area contributed by atoms with Crippen molar-refractivity contribution in [3.05, 3.63) is 58.1 Å². The molecule has 0 radical (unpaired) electrons. The Morgan fingerprint density at radius 1 is 1.17 bits per heavy atom. The Bertz CT molecular complexity index is 1090. The van der Waals surface area contributed by atoms with Crippen LogP contribution >= 0.6 is 15.9 Å². The summed E-state index contributed by atoms with van der Waals surface area (Å²) < 4.78 is 43.0. The van der Waals surface area contributed by atoms with Crippen LogP contribution in [0.3, 0.4) is 0 Å². The number of aliphatic imine (C=N–C) groups is 1. The molecule has 2 aliphatic rings. The summed E-state index contributed by atoms with van der Waals surface area (Å²) in [5.41, 5.74) is 9.43. The van der Waals surface area contributed by atoms with Crippen molar-refractivity contribution < 1.29 is 17.9 Å². The van der Waals surface area contributed by atoms with E-state index in [2.05, 4.69) is 31.3 Å². The molecule has 1 aliphatic carbocycles. The number of nitrogens with zero attached hydrogens (tertiary/aromatic N) is 2. The van der Waals surface area contributed by atoms with Gasteiger partial charge in [-0.1, -0.05) is 34.1 Å². The second-order valence-corrected chi connectivity index (χ2v) is 10.6. The van der Waals surface area contributed by atoms with Crippen molar-refractivity contribution >= 4 is 27.5 Å². The normalized spacial score (nSPS) is 23.9. The molecule has 1 heterocycles. The molecule has 4 N–H and O–H groups in total. The summed E-state index contributed by atoms with van der Waals surface area (Å²) in [7, 11) is 3.96. The highest BCUT2D eigenvalue weighted by atomic mass is 79.9. The van der Waals surface area contributed by atoms with Crippen LogP contribution in [0, 0.1) is 5.92 Å². The predicted octanol–water partition coefficient (Wildman–Crippen LogP) is 5.48. The molecule has 1 atom stereocenters. The number of para-hydroxylation sites is 1. The molecule has 2 aromatic rings. The summed E-state index contributed by atoms with van der Waals surface area (Å²) in [5, 5.41) is 7.06. The molecular formula is C26H33BrF3N5O. The lowest BCUT2D eigenvalue weighted by atomic mass is 9.81. The molecule has 10 heteroatoms. The Hall–Kier alpha value is -2.30. The number of alkyl halides is 3. The fourth-order valence-corrected chi connectivity index (χ4v) is 5.42. The van der Waals surface area contributed by atoms with Crippen molar-refractivity contribution in [2.75, 3.05) is 26.0 Å². The summed E-state index contributed by atoms with van der Waals surface area (Å²) >= 11 is 3.21. The van der Waals surface area contributed by atoms with Gasteiger partial charge in [-0.05, 0) is 74.9 Å². The van der Waals surface area contributed by atoms with E-state index in [1.54, 1.807) is 12.1 Å². The number of fused-ring (bicyclic) bond motifs is 1. The van der Waals surface area contributed by atoms with E-state index in [1.165, 1.54) is 6.07 Å². The van der Waals surface area contributed by atoms with E-state index in [-0.39, 0.29) is 11.7 Å². The average molecular weight is 568 g/mol. The van der Waals surface area contributed by atoms with Crippen molar-refractivity contribution in [2.45, 2.75) is 56.7 Å².